The molecular formula is C20H13ClN2O3. The number of carbonyl (C=O) groups excluding carboxylic acids is 1. The lowest BCUT2D eigenvalue weighted by atomic mass is 10.00. The quantitative estimate of drug-likeness (QED) is 0.441. The number of halogens is 1. The lowest BCUT2D eigenvalue weighted by Crippen LogP contribution is -2.17. The van der Waals surface area contributed by atoms with Crippen molar-refractivity contribution in [1.29, 1.82) is 0 Å². The highest BCUT2D eigenvalue weighted by Gasteiger charge is 2.17. The van der Waals surface area contributed by atoms with E-state index in [2.05, 4.69) is 9.97 Å². The van der Waals surface area contributed by atoms with E-state index in [0.717, 1.165) is 10.8 Å². The first-order valence-electron chi connectivity index (χ1n) is 7.88. The normalized spacial score (nSPS) is 11.0. The second-order valence-corrected chi connectivity index (χ2v) is 6.16. The number of aromatic amines is 1. The van der Waals surface area contributed by atoms with Crippen molar-refractivity contribution < 1.29 is 9.53 Å². The molecule has 4 rings (SSSR count). The van der Waals surface area contributed by atoms with Crippen LogP contribution in [-0.4, -0.2) is 22.9 Å². The molecule has 2 heterocycles. The van der Waals surface area contributed by atoms with Crippen LogP contribution in [-0.2, 0) is 0 Å². The molecule has 128 valence electrons. The third-order valence-corrected chi connectivity index (χ3v) is 4.54. The van der Waals surface area contributed by atoms with Crippen molar-refractivity contribution in [3.63, 3.8) is 0 Å². The van der Waals surface area contributed by atoms with Gasteiger partial charge in [0.2, 0.25) is 11.3 Å². The highest BCUT2D eigenvalue weighted by atomic mass is 35.5. The molecule has 5 nitrogen and oxygen atoms in total. The second-order valence-electron chi connectivity index (χ2n) is 5.80. The Morgan fingerprint density at radius 2 is 1.88 bits per heavy atom. The predicted molar refractivity (Wildman–Crippen MR) is 101 cm³/mol. The summed E-state index contributed by atoms with van der Waals surface area (Å²) in [5.41, 5.74) is 0.435. The molecule has 26 heavy (non-hydrogen) atoms. The van der Waals surface area contributed by atoms with E-state index in [-0.39, 0.29) is 27.8 Å². The van der Waals surface area contributed by atoms with Gasteiger partial charge in [0.1, 0.15) is 0 Å². The maximum Gasteiger partial charge on any atom is 0.215 e. The number of aromatic nitrogens is 2. The van der Waals surface area contributed by atoms with Crippen LogP contribution in [0.1, 0.15) is 15.9 Å². The number of nitrogens with zero attached hydrogens (tertiary/aromatic N) is 1. The average molecular weight is 365 g/mol. The monoisotopic (exact) mass is 364 g/mol. The molecule has 0 radical (unpaired) electrons. The first-order chi connectivity index (χ1) is 12.6. The van der Waals surface area contributed by atoms with E-state index in [1.165, 1.54) is 19.4 Å². The fourth-order valence-corrected chi connectivity index (χ4v) is 3.16. The third kappa shape index (κ3) is 2.62. The number of methoxy groups -OCH3 is 1. The summed E-state index contributed by atoms with van der Waals surface area (Å²) in [6, 6.07) is 14.6. The fourth-order valence-electron chi connectivity index (χ4n) is 2.92. The molecule has 0 saturated heterocycles. The summed E-state index contributed by atoms with van der Waals surface area (Å²) < 4.78 is 5.06. The largest absolute Gasteiger partial charge is 0.481 e. The van der Waals surface area contributed by atoms with E-state index in [9.17, 15) is 9.59 Å². The minimum atomic E-state index is -0.417. The van der Waals surface area contributed by atoms with Gasteiger partial charge in [-0.05, 0) is 16.8 Å². The minimum Gasteiger partial charge on any atom is -0.481 e. The molecule has 0 aliphatic carbocycles. The van der Waals surface area contributed by atoms with Crippen LogP contribution in [0.2, 0.25) is 5.15 Å². The summed E-state index contributed by atoms with van der Waals surface area (Å²) in [6.07, 6.45) is 1.38. The fraction of sp³-hybridized carbons (Fsp3) is 0.0500. The predicted octanol–water partition coefficient (Wildman–Crippen LogP) is 3.97. The van der Waals surface area contributed by atoms with Gasteiger partial charge in [-0.15, -0.1) is 0 Å². The minimum absolute atomic E-state index is 0.0390. The van der Waals surface area contributed by atoms with Gasteiger partial charge in [-0.2, -0.15) is 4.98 Å². The van der Waals surface area contributed by atoms with Gasteiger partial charge >= 0.3 is 0 Å². The van der Waals surface area contributed by atoms with Crippen LogP contribution < -0.4 is 10.2 Å². The van der Waals surface area contributed by atoms with E-state index in [1.807, 2.05) is 30.3 Å². The average Bonchev–Trinajstić information content (AvgIpc) is 2.67. The lowest BCUT2D eigenvalue weighted by Gasteiger charge is -2.07. The molecule has 2 aromatic carbocycles. The Hall–Kier alpha value is -3.18. The van der Waals surface area contributed by atoms with E-state index in [4.69, 9.17) is 16.3 Å². The van der Waals surface area contributed by atoms with Crippen LogP contribution in [0.3, 0.4) is 0 Å². The molecule has 0 fully saturated rings. The topological polar surface area (TPSA) is 72.1 Å². The highest BCUT2D eigenvalue weighted by molar-refractivity contribution is 6.33. The van der Waals surface area contributed by atoms with Gasteiger partial charge in [0, 0.05) is 17.8 Å². The van der Waals surface area contributed by atoms with Gasteiger partial charge in [-0.3, -0.25) is 9.59 Å². The van der Waals surface area contributed by atoms with E-state index < -0.39 is 5.43 Å². The molecule has 0 aliphatic heterocycles. The molecule has 0 spiro atoms. The van der Waals surface area contributed by atoms with Crippen LogP contribution >= 0.6 is 11.6 Å². The summed E-state index contributed by atoms with van der Waals surface area (Å²) in [7, 11) is 1.43. The number of carbonyl (C=O) groups is 1. The SMILES string of the molecule is COc1cc2c(=O)c(C(=O)c3ccc4ccccc4c3)c[nH]c2c(Cl)n1. The number of benzene rings is 2. The number of pyridine rings is 2. The number of ether oxygens (including phenoxy) is 1. The Morgan fingerprint density at radius 1 is 1.12 bits per heavy atom. The molecule has 2 aromatic heterocycles. The summed E-state index contributed by atoms with van der Waals surface area (Å²) in [5, 5.41) is 2.33. The molecule has 6 heteroatoms. The Kier molecular flexibility index (Phi) is 3.93. The first-order valence-corrected chi connectivity index (χ1v) is 8.25. The Bertz CT molecular complexity index is 1230. The molecule has 0 atom stereocenters. The van der Waals surface area contributed by atoms with Crippen molar-refractivity contribution in [1.82, 2.24) is 9.97 Å². The number of rotatable bonds is 3. The molecule has 0 amide bonds. The van der Waals surface area contributed by atoms with Gasteiger partial charge in [0.05, 0.1) is 23.6 Å². The van der Waals surface area contributed by atoms with Gasteiger partial charge in [-0.1, -0.05) is 48.0 Å². The Balaban J connectivity index is 1.88. The maximum absolute atomic E-state index is 12.9. The zero-order chi connectivity index (χ0) is 18.3. The molecule has 1 N–H and O–H groups in total. The Labute approximate surface area is 153 Å². The van der Waals surface area contributed by atoms with Crippen LogP contribution in [0.25, 0.3) is 21.7 Å². The molecule has 0 aliphatic rings. The van der Waals surface area contributed by atoms with E-state index in [0.29, 0.717) is 11.1 Å². The summed E-state index contributed by atoms with van der Waals surface area (Å²) in [6.45, 7) is 0. The van der Waals surface area contributed by atoms with E-state index in [1.54, 1.807) is 12.1 Å². The molecule has 0 saturated carbocycles. The number of hydrogen-bond donors (Lipinski definition) is 1. The molecular weight excluding hydrogens is 352 g/mol. The van der Waals surface area contributed by atoms with Crippen LogP contribution in [0.15, 0.2) is 59.5 Å². The van der Waals surface area contributed by atoms with Gasteiger partial charge in [0.25, 0.3) is 0 Å². The third-order valence-electron chi connectivity index (χ3n) is 4.27. The molecule has 4 aromatic rings. The van der Waals surface area contributed by atoms with Gasteiger partial charge in [0.15, 0.2) is 10.9 Å². The first kappa shape index (κ1) is 16.3. The van der Waals surface area contributed by atoms with Crippen molar-refractivity contribution in [2.75, 3.05) is 7.11 Å². The number of H-pyrrole nitrogens is 1. The Morgan fingerprint density at radius 3 is 2.65 bits per heavy atom. The zero-order valence-corrected chi connectivity index (χ0v) is 14.5. The summed E-state index contributed by atoms with van der Waals surface area (Å²) in [4.78, 5) is 32.7. The maximum atomic E-state index is 12.9. The van der Waals surface area contributed by atoms with Crippen molar-refractivity contribution in [2.45, 2.75) is 0 Å². The number of nitrogens with one attached hydrogen (secondary N) is 1. The van der Waals surface area contributed by atoms with Crippen molar-refractivity contribution >= 4 is 39.1 Å². The molecule has 0 unspecified atom stereocenters. The number of fused-ring (bicyclic) bond motifs is 2. The zero-order valence-electron chi connectivity index (χ0n) is 13.7. The van der Waals surface area contributed by atoms with Crippen molar-refractivity contribution in [3.05, 3.63) is 81.2 Å². The smallest absolute Gasteiger partial charge is 0.215 e. The van der Waals surface area contributed by atoms with E-state index >= 15 is 0 Å². The second kappa shape index (κ2) is 6.28. The summed E-state index contributed by atoms with van der Waals surface area (Å²) in [5.74, 6) is -0.144. The van der Waals surface area contributed by atoms with Crippen LogP contribution in [0.5, 0.6) is 5.88 Å². The summed E-state index contributed by atoms with van der Waals surface area (Å²) >= 11 is 6.08. The van der Waals surface area contributed by atoms with Gasteiger partial charge in [-0.25, -0.2) is 0 Å². The highest BCUT2D eigenvalue weighted by Crippen LogP contribution is 2.23. The van der Waals surface area contributed by atoms with Crippen LogP contribution in [0.4, 0.5) is 0 Å². The lowest BCUT2D eigenvalue weighted by molar-refractivity contribution is 0.103. The van der Waals surface area contributed by atoms with Crippen molar-refractivity contribution in [3.8, 4) is 5.88 Å². The van der Waals surface area contributed by atoms with Crippen LogP contribution in [0, 0.1) is 0 Å². The standard InChI is InChI=1S/C20H13ClN2O3/c1-26-16-9-14-17(20(21)23-16)22-10-15(19(14)25)18(24)13-7-6-11-4-2-3-5-12(11)8-13/h2-10H,1H3,(H,22,25). The molecule has 0 bridgehead atoms. The van der Waals surface area contributed by atoms with Gasteiger partial charge < -0.3 is 9.72 Å². The number of hydrogen-bond acceptors (Lipinski definition) is 4. The number of ketones is 1. The van der Waals surface area contributed by atoms with Crippen molar-refractivity contribution in [2.24, 2.45) is 0 Å².